The van der Waals surface area contributed by atoms with Crippen molar-refractivity contribution in [2.75, 3.05) is 0 Å². The fourth-order valence-electron chi connectivity index (χ4n) is 2.23. The molecule has 1 aliphatic rings. The second kappa shape index (κ2) is 6.08. The standard InChI is InChI=1S/C18H20ClNO/c1-12-3-7-17(9-13(12)2)21-18-8-4-15(19)10-14(18)11-20-16-5-6-16/h3-4,7-10,16,20H,5-6,11H2,1-2H3. The highest BCUT2D eigenvalue weighted by atomic mass is 35.5. The highest BCUT2D eigenvalue weighted by Crippen LogP contribution is 2.30. The molecule has 1 aliphatic carbocycles. The molecule has 2 aromatic rings. The zero-order chi connectivity index (χ0) is 14.8. The van der Waals surface area contributed by atoms with E-state index in [0.717, 1.165) is 28.6 Å². The van der Waals surface area contributed by atoms with Gasteiger partial charge in [-0.15, -0.1) is 0 Å². The Balaban J connectivity index is 1.80. The van der Waals surface area contributed by atoms with Crippen molar-refractivity contribution < 1.29 is 4.74 Å². The molecular weight excluding hydrogens is 282 g/mol. The van der Waals surface area contributed by atoms with Crippen molar-refractivity contribution in [1.82, 2.24) is 5.32 Å². The second-order valence-corrected chi connectivity index (χ2v) is 6.19. The van der Waals surface area contributed by atoms with Crippen molar-refractivity contribution in [1.29, 1.82) is 0 Å². The molecule has 0 amide bonds. The smallest absolute Gasteiger partial charge is 0.132 e. The zero-order valence-corrected chi connectivity index (χ0v) is 13.2. The Morgan fingerprint density at radius 2 is 1.90 bits per heavy atom. The van der Waals surface area contributed by atoms with E-state index in [0.29, 0.717) is 6.04 Å². The molecule has 1 N–H and O–H groups in total. The molecule has 0 aliphatic heterocycles. The largest absolute Gasteiger partial charge is 0.457 e. The Hall–Kier alpha value is -1.51. The molecule has 2 nitrogen and oxygen atoms in total. The van der Waals surface area contributed by atoms with Crippen LogP contribution in [0.2, 0.25) is 5.02 Å². The average Bonchev–Trinajstić information content (AvgIpc) is 3.27. The molecule has 0 heterocycles. The minimum Gasteiger partial charge on any atom is -0.457 e. The summed E-state index contributed by atoms with van der Waals surface area (Å²) in [7, 11) is 0. The van der Waals surface area contributed by atoms with Crippen molar-refractivity contribution in [3.8, 4) is 11.5 Å². The summed E-state index contributed by atoms with van der Waals surface area (Å²) in [4.78, 5) is 0. The first-order valence-corrected chi connectivity index (χ1v) is 7.76. The number of benzene rings is 2. The van der Waals surface area contributed by atoms with E-state index < -0.39 is 0 Å². The lowest BCUT2D eigenvalue weighted by molar-refractivity contribution is 0.472. The number of hydrogen-bond donors (Lipinski definition) is 1. The summed E-state index contributed by atoms with van der Waals surface area (Å²) in [6.45, 7) is 5.00. The molecule has 0 unspecified atom stereocenters. The molecule has 0 saturated heterocycles. The van der Waals surface area contributed by atoms with Gasteiger partial charge in [-0.25, -0.2) is 0 Å². The summed E-state index contributed by atoms with van der Waals surface area (Å²) in [6, 6.07) is 12.6. The predicted molar refractivity (Wildman–Crippen MR) is 87.3 cm³/mol. The van der Waals surface area contributed by atoms with Crippen LogP contribution < -0.4 is 10.1 Å². The van der Waals surface area contributed by atoms with Gasteiger partial charge in [0.25, 0.3) is 0 Å². The fraction of sp³-hybridized carbons (Fsp3) is 0.333. The highest BCUT2D eigenvalue weighted by molar-refractivity contribution is 6.30. The summed E-state index contributed by atoms with van der Waals surface area (Å²) in [5, 5.41) is 4.25. The van der Waals surface area contributed by atoms with Crippen LogP contribution in [0.3, 0.4) is 0 Å². The quantitative estimate of drug-likeness (QED) is 0.839. The van der Waals surface area contributed by atoms with Crippen molar-refractivity contribution in [2.24, 2.45) is 0 Å². The fourth-order valence-corrected chi connectivity index (χ4v) is 2.43. The first-order valence-electron chi connectivity index (χ1n) is 7.39. The van der Waals surface area contributed by atoms with Crippen LogP contribution in [0.25, 0.3) is 0 Å². The SMILES string of the molecule is Cc1ccc(Oc2ccc(Cl)cc2CNC2CC2)cc1C. The topological polar surface area (TPSA) is 21.3 Å². The molecule has 2 aromatic carbocycles. The Kier molecular flexibility index (Phi) is 4.18. The van der Waals surface area contributed by atoms with E-state index in [1.807, 2.05) is 24.3 Å². The van der Waals surface area contributed by atoms with Gasteiger partial charge < -0.3 is 10.1 Å². The van der Waals surface area contributed by atoms with E-state index >= 15 is 0 Å². The molecule has 0 aromatic heterocycles. The van der Waals surface area contributed by atoms with E-state index in [2.05, 4.69) is 31.3 Å². The molecule has 0 spiro atoms. The van der Waals surface area contributed by atoms with E-state index in [4.69, 9.17) is 16.3 Å². The van der Waals surface area contributed by atoms with E-state index in [-0.39, 0.29) is 0 Å². The van der Waals surface area contributed by atoms with Crippen molar-refractivity contribution >= 4 is 11.6 Å². The lowest BCUT2D eigenvalue weighted by Gasteiger charge is -2.13. The Morgan fingerprint density at radius 1 is 1.10 bits per heavy atom. The molecule has 3 heteroatoms. The third kappa shape index (κ3) is 3.78. The van der Waals surface area contributed by atoms with Gasteiger partial charge in [-0.1, -0.05) is 17.7 Å². The van der Waals surface area contributed by atoms with Crippen molar-refractivity contribution in [3.05, 3.63) is 58.1 Å². The number of aryl methyl sites for hydroxylation is 2. The van der Waals surface area contributed by atoms with Gasteiger partial charge in [0.2, 0.25) is 0 Å². The number of rotatable bonds is 5. The van der Waals surface area contributed by atoms with E-state index in [9.17, 15) is 0 Å². The first-order chi connectivity index (χ1) is 10.1. The van der Waals surface area contributed by atoms with Crippen molar-refractivity contribution in [2.45, 2.75) is 39.3 Å². The molecule has 0 radical (unpaired) electrons. The van der Waals surface area contributed by atoms with Crippen LogP contribution in [0.1, 0.15) is 29.5 Å². The van der Waals surface area contributed by atoms with Crippen LogP contribution in [0.5, 0.6) is 11.5 Å². The van der Waals surface area contributed by atoms with Gasteiger partial charge in [-0.05, 0) is 68.1 Å². The van der Waals surface area contributed by atoms with Gasteiger partial charge in [0.15, 0.2) is 0 Å². The molecule has 3 rings (SSSR count). The monoisotopic (exact) mass is 301 g/mol. The molecule has 21 heavy (non-hydrogen) atoms. The summed E-state index contributed by atoms with van der Waals surface area (Å²) in [5.41, 5.74) is 3.61. The minimum absolute atomic E-state index is 0.665. The third-order valence-electron chi connectivity index (χ3n) is 3.89. The number of nitrogens with one attached hydrogen (secondary N) is 1. The van der Waals surface area contributed by atoms with E-state index in [1.54, 1.807) is 0 Å². The molecule has 1 fully saturated rings. The Labute approximate surface area is 131 Å². The van der Waals surface area contributed by atoms with Crippen LogP contribution >= 0.6 is 11.6 Å². The summed E-state index contributed by atoms with van der Waals surface area (Å²) in [5.74, 6) is 1.74. The number of ether oxygens (including phenoxy) is 1. The summed E-state index contributed by atoms with van der Waals surface area (Å²) >= 11 is 6.11. The maximum Gasteiger partial charge on any atom is 0.132 e. The van der Waals surface area contributed by atoms with Crippen molar-refractivity contribution in [3.63, 3.8) is 0 Å². The summed E-state index contributed by atoms with van der Waals surface area (Å²) < 4.78 is 6.05. The first kappa shape index (κ1) is 14.4. The second-order valence-electron chi connectivity index (χ2n) is 5.76. The Morgan fingerprint density at radius 3 is 2.62 bits per heavy atom. The van der Waals surface area contributed by atoms with Crippen LogP contribution in [0, 0.1) is 13.8 Å². The third-order valence-corrected chi connectivity index (χ3v) is 4.12. The molecule has 110 valence electrons. The minimum atomic E-state index is 0.665. The number of halogens is 1. The average molecular weight is 302 g/mol. The zero-order valence-electron chi connectivity index (χ0n) is 12.4. The maximum absolute atomic E-state index is 6.11. The lowest BCUT2D eigenvalue weighted by atomic mass is 10.1. The summed E-state index contributed by atoms with van der Waals surface area (Å²) in [6.07, 6.45) is 2.54. The van der Waals surface area contributed by atoms with E-state index in [1.165, 1.54) is 24.0 Å². The molecule has 0 bridgehead atoms. The molecule has 0 atom stereocenters. The van der Waals surface area contributed by atoms with Crippen LogP contribution in [0.15, 0.2) is 36.4 Å². The lowest BCUT2D eigenvalue weighted by Crippen LogP contribution is -2.15. The van der Waals surface area contributed by atoms with Gasteiger partial charge in [-0.3, -0.25) is 0 Å². The van der Waals surface area contributed by atoms with Crippen LogP contribution in [-0.4, -0.2) is 6.04 Å². The van der Waals surface area contributed by atoms with Gasteiger partial charge in [0.05, 0.1) is 0 Å². The highest BCUT2D eigenvalue weighted by Gasteiger charge is 2.20. The molecule has 1 saturated carbocycles. The van der Waals surface area contributed by atoms with Crippen LogP contribution in [-0.2, 0) is 6.54 Å². The van der Waals surface area contributed by atoms with Gasteiger partial charge in [0.1, 0.15) is 11.5 Å². The maximum atomic E-state index is 6.11. The number of hydrogen-bond acceptors (Lipinski definition) is 2. The van der Waals surface area contributed by atoms with Gasteiger partial charge >= 0.3 is 0 Å². The van der Waals surface area contributed by atoms with Crippen LogP contribution in [0.4, 0.5) is 0 Å². The normalized spacial score (nSPS) is 14.2. The van der Waals surface area contributed by atoms with Gasteiger partial charge in [-0.2, -0.15) is 0 Å². The van der Waals surface area contributed by atoms with Gasteiger partial charge in [0, 0.05) is 23.2 Å². The molecular formula is C18H20ClNO. The Bertz CT molecular complexity index is 650. The predicted octanol–water partition coefficient (Wildman–Crippen LogP) is 5.00.